The number of hydrogen-bond acceptors (Lipinski definition) is 0. The first-order chi connectivity index (χ1) is 33.0. The molecule has 0 nitrogen and oxygen atoms in total. The molecule has 4 atom stereocenters. The number of rotatable bonds is 12. The third-order valence-corrected chi connectivity index (χ3v) is 21.0. The van der Waals surface area contributed by atoms with Crippen molar-refractivity contribution in [2.75, 3.05) is 0 Å². The van der Waals surface area contributed by atoms with Gasteiger partial charge in [0, 0.05) is 0 Å². The number of benzene rings is 6. The van der Waals surface area contributed by atoms with Crippen LogP contribution in [0.25, 0.3) is 65.3 Å². The predicted molar refractivity (Wildman–Crippen MR) is 311 cm³/mol. The maximum atomic E-state index is 2.43. The Labute approximate surface area is 478 Å². The number of hydrogen-bond donors (Lipinski definition) is 0. The fourth-order valence-corrected chi connectivity index (χ4v) is 16.2. The van der Waals surface area contributed by atoms with Gasteiger partial charge in [0.25, 0.3) is 0 Å². The molecule has 372 valence electrons. The number of aryl methyl sites for hydroxylation is 2. The summed E-state index contributed by atoms with van der Waals surface area (Å²) in [6.45, 7) is 23.3. The molecule has 0 N–H and O–H groups in total. The summed E-state index contributed by atoms with van der Waals surface area (Å²) in [5, 5.41) is 14.2. The smallest absolute Gasteiger partial charge is 1.00 e. The van der Waals surface area contributed by atoms with E-state index in [1.165, 1.54) is 102 Å². The number of fused-ring (bicyclic) bond motifs is 4. The van der Waals surface area contributed by atoms with Crippen LogP contribution in [0.5, 0.6) is 0 Å². The average Bonchev–Trinajstić information content (AvgIpc) is 4.18. The van der Waals surface area contributed by atoms with Gasteiger partial charge in [-0.15, -0.1) is 150 Å². The molecule has 4 unspecified atom stereocenters. The second-order valence-corrected chi connectivity index (χ2v) is 25.1. The summed E-state index contributed by atoms with van der Waals surface area (Å²) in [5.74, 6) is 0. The summed E-state index contributed by atoms with van der Waals surface area (Å²) in [5.41, 5.74) is 11.2. The van der Waals surface area contributed by atoms with Crippen molar-refractivity contribution in [3.8, 4) is 22.3 Å². The van der Waals surface area contributed by atoms with E-state index in [0.29, 0.717) is 0 Å². The van der Waals surface area contributed by atoms with Crippen LogP contribution in [0.3, 0.4) is 0 Å². The molecule has 0 bridgehead atoms. The van der Waals surface area contributed by atoms with Gasteiger partial charge in [-0.1, -0.05) is 181 Å². The molecule has 0 aliphatic carbocycles. The molecule has 10 aromatic carbocycles. The van der Waals surface area contributed by atoms with Crippen LogP contribution < -0.4 is 35.4 Å². The van der Waals surface area contributed by atoms with Crippen molar-refractivity contribution in [3.63, 3.8) is 0 Å². The molecule has 6 heteroatoms. The monoisotopic (exact) mass is 1090 g/mol. The van der Waals surface area contributed by atoms with E-state index in [-0.39, 0.29) is 84.1 Å². The van der Waals surface area contributed by atoms with Crippen LogP contribution in [0.15, 0.2) is 194 Å². The van der Waals surface area contributed by atoms with Gasteiger partial charge in [0.1, 0.15) is 0 Å². The van der Waals surface area contributed by atoms with Crippen molar-refractivity contribution in [1.29, 1.82) is 0 Å². The first kappa shape index (κ1) is 62.9. The van der Waals surface area contributed by atoms with Gasteiger partial charge < -0.3 is 24.8 Å². The van der Waals surface area contributed by atoms with E-state index in [4.69, 9.17) is 0 Å². The van der Waals surface area contributed by atoms with Crippen LogP contribution in [-0.4, -0.2) is 22.6 Å². The predicted octanol–water partition coefficient (Wildman–Crippen LogP) is 13.6. The van der Waals surface area contributed by atoms with Crippen LogP contribution in [0.1, 0.15) is 92.2 Å². The Morgan fingerprint density at radius 1 is 0.361 bits per heavy atom. The fourth-order valence-electron chi connectivity index (χ4n) is 9.75. The molecular formula is C66H74Cl2P2Ti2-2. The van der Waals surface area contributed by atoms with Gasteiger partial charge in [-0.25, -0.2) is 0 Å². The van der Waals surface area contributed by atoms with E-state index in [1.807, 2.05) is 0 Å². The summed E-state index contributed by atoms with van der Waals surface area (Å²) in [6.07, 6.45) is 5.16. The Hall–Kier alpha value is -3.37. The zero-order chi connectivity index (χ0) is 48.2. The van der Waals surface area contributed by atoms with Gasteiger partial charge in [-0.05, 0) is 59.4 Å². The molecule has 10 aromatic rings. The van der Waals surface area contributed by atoms with Crippen LogP contribution >= 0.6 is 15.8 Å². The Morgan fingerprint density at radius 3 is 0.986 bits per heavy atom. The zero-order valence-electron chi connectivity index (χ0n) is 44.3. The first-order valence-electron chi connectivity index (χ1n) is 25.3. The summed E-state index contributed by atoms with van der Waals surface area (Å²) in [6, 6.07) is 70.3. The molecule has 72 heavy (non-hydrogen) atoms. The molecule has 0 amide bonds. The number of halogens is 2. The second kappa shape index (κ2) is 30.9. The van der Waals surface area contributed by atoms with Crippen molar-refractivity contribution in [3.05, 3.63) is 205 Å². The molecular weight excluding hydrogens is 1020 g/mol. The van der Waals surface area contributed by atoms with Crippen LogP contribution in [0.4, 0.5) is 0 Å². The van der Waals surface area contributed by atoms with Crippen molar-refractivity contribution in [1.82, 2.24) is 0 Å². The van der Waals surface area contributed by atoms with E-state index >= 15 is 0 Å². The van der Waals surface area contributed by atoms with Crippen LogP contribution in [-0.2, 0) is 43.4 Å². The minimum absolute atomic E-state index is 0. The molecule has 0 radical (unpaired) electrons. The molecule has 0 spiro atoms. The zero-order valence-corrected chi connectivity index (χ0v) is 50.7. The Balaban J connectivity index is 0.000000249. The quantitative estimate of drug-likeness (QED) is 0.0650. The van der Waals surface area contributed by atoms with Gasteiger partial charge >= 0.3 is 43.4 Å². The maximum absolute atomic E-state index is 2.43. The van der Waals surface area contributed by atoms with Crippen LogP contribution in [0.2, 0.25) is 0 Å². The molecule has 10 rings (SSSR count). The summed E-state index contributed by atoms with van der Waals surface area (Å²) in [7, 11) is -0.0504. The van der Waals surface area contributed by atoms with E-state index < -0.39 is 0 Å². The molecule has 0 saturated carbocycles. The molecule has 0 fully saturated rings. The summed E-state index contributed by atoms with van der Waals surface area (Å²) in [4.78, 5) is 0. The molecule has 0 aliphatic rings. The van der Waals surface area contributed by atoms with E-state index in [0.717, 1.165) is 22.6 Å². The van der Waals surface area contributed by atoms with E-state index in [1.54, 1.807) is 10.6 Å². The van der Waals surface area contributed by atoms with Gasteiger partial charge in [0.05, 0.1) is 0 Å². The summed E-state index contributed by atoms with van der Waals surface area (Å²) >= 11 is 0. The largest absolute Gasteiger partial charge is 2.00 e. The van der Waals surface area contributed by atoms with Crippen molar-refractivity contribution < 1.29 is 68.2 Å². The maximum Gasteiger partial charge on any atom is 2.00 e. The van der Waals surface area contributed by atoms with E-state index in [2.05, 4.69) is 263 Å². The first-order valence-corrected chi connectivity index (χ1v) is 28.3. The van der Waals surface area contributed by atoms with Crippen molar-refractivity contribution >= 4 is 69.5 Å². The van der Waals surface area contributed by atoms with E-state index in [9.17, 15) is 0 Å². The third-order valence-electron chi connectivity index (χ3n) is 14.0. The van der Waals surface area contributed by atoms with Crippen molar-refractivity contribution in [2.24, 2.45) is 0 Å². The van der Waals surface area contributed by atoms with Crippen molar-refractivity contribution in [2.45, 2.75) is 118 Å². The normalized spacial score (nSPS) is 13.1. The standard InChI is InChI=1S/2C17H24P.2C16H13.2ClH.2Ti/c2*1-5-13(3)18(14(4)6-2)17-11-15-9-7-8-10-16(15)12-17;2*1-12-10-14-8-5-9-15(16(14)11-12)13-6-3-2-4-7-13;;;;/h2*7-14H,5-6H2,1-4H3;2*2-11H,1H3;2*1H;;/q4*-1;;;2*+2/p-2. The Bertz CT molecular complexity index is 2790. The molecule has 0 aromatic heterocycles. The second-order valence-electron chi connectivity index (χ2n) is 18.9. The molecule has 0 aliphatic heterocycles. The molecule has 0 heterocycles. The Kier molecular flexibility index (Phi) is 27.0. The molecule has 0 saturated heterocycles. The fraction of sp³-hybridized carbons (Fsp3) is 0.273. The van der Waals surface area contributed by atoms with Gasteiger partial charge in [0.15, 0.2) is 0 Å². The van der Waals surface area contributed by atoms with Gasteiger partial charge in [-0.2, -0.15) is 24.3 Å². The minimum atomic E-state index is -0.0252. The van der Waals surface area contributed by atoms with Gasteiger partial charge in [-0.3, -0.25) is 0 Å². The third kappa shape index (κ3) is 15.8. The topological polar surface area (TPSA) is 0 Å². The SMILES string of the molecule is CCC(C)P(c1cc2ccccc2[cH-]1)C(C)CC.CCC(C)P(c1cc2ccccc2[cH-]1)C(C)CC.Cc1cc2c(-c3ccccc3)cccc2[cH-]1.Cc1cc2c(-c3ccccc3)cccc2[cH-]1.[Cl-].[Cl-].[Ti+2].[Ti+2]. The minimum Gasteiger partial charge on any atom is -1.00 e. The Morgan fingerprint density at radius 2 is 0.667 bits per heavy atom. The van der Waals surface area contributed by atoms with Crippen LogP contribution in [0, 0.1) is 13.8 Å². The average molecular weight is 1100 g/mol. The van der Waals surface area contributed by atoms with Gasteiger partial charge in [0.2, 0.25) is 0 Å². The summed E-state index contributed by atoms with van der Waals surface area (Å²) < 4.78 is 0.